The Morgan fingerprint density at radius 2 is 1.41 bits per heavy atom. The monoisotopic (exact) mass is 401 g/mol. The highest BCUT2D eigenvalue weighted by molar-refractivity contribution is 5.45. The van der Waals surface area contributed by atoms with Crippen LogP contribution >= 0.6 is 0 Å². The van der Waals surface area contributed by atoms with E-state index in [-0.39, 0.29) is 16.7 Å². The second kappa shape index (κ2) is 8.56. The van der Waals surface area contributed by atoms with E-state index in [4.69, 9.17) is 24.2 Å². The normalized spacial score (nSPS) is 12.2. The third-order valence-corrected chi connectivity index (χ3v) is 5.01. The Balaban J connectivity index is 2.59. The van der Waals surface area contributed by atoms with Crippen LogP contribution in [0.5, 0.6) is 17.5 Å². The van der Waals surface area contributed by atoms with Gasteiger partial charge in [-0.05, 0) is 17.4 Å². The van der Waals surface area contributed by atoms with Crippen LogP contribution in [-0.4, -0.2) is 36.3 Å². The lowest BCUT2D eigenvalue weighted by molar-refractivity contribution is 0.338. The molecular formula is C23H35N3O3. The standard InChI is InChI=1S/C23H35N3O3/c1-14(2)19-17(15(27-8)11-12-24-19)23(6,7)13-16-25-20(28-9)18(22(3,4)5)21(26-16)29-10/h11-12,14H,13H2,1-10H3. The number of hydrogen-bond acceptors (Lipinski definition) is 6. The fourth-order valence-electron chi connectivity index (χ4n) is 3.71. The van der Waals surface area contributed by atoms with E-state index in [1.807, 2.05) is 6.07 Å². The fourth-order valence-corrected chi connectivity index (χ4v) is 3.71. The summed E-state index contributed by atoms with van der Waals surface area (Å²) >= 11 is 0. The molecule has 2 aromatic heterocycles. The Bertz CT molecular complexity index is 830. The molecule has 0 atom stereocenters. The number of rotatable bonds is 7. The van der Waals surface area contributed by atoms with Crippen molar-refractivity contribution in [2.75, 3.05) is 21.3 Å². The summed E-state index contributed by atoms with van der Waals surface area (Å²) in [7, 11) is 4.96. The van der Waals surface area contributed by atoms with Crippen LogP contribution in [0, 0.1) is 0 Å². The summed E-state index contributed by atoms with van der Waals surface area (Å²) in [6.45, 7) is 14.9. The van der Waals surface area contributed by atoms with Crippen molar-refractivity contribution in [1.29, 1.82) is 0 Å². The summed E-state index contributed by atoms with van der Waals surface area (Å²) in [4.78, 5) is 14.1. The predicted octanol–water partition coefficient (Wildman–Crippen LogP) is 4.84. The highest BCUT2D eigenvalue weighted by atomic mass is 16.5. The van der Waals surface area contributed by atoms with Gasteiger partial charge in [0, 0.05) is 23.6 Å². The Kier molecular flexibility index (Phi) is 6.76. The van der Waals surface area contributed by atoms with Gasteiger partial charge in [-0.25, -0.2) is 0 Å². The van der Waals surface area contributed by atoms with Crippen molar-refractivity contribution in [3.05, 3.63) is 34.9 Å². The van der Waals surface area contributed by atoms with E-state index in [1.165, 1.54) is 0 Å². The molecule has 0 amide bonds. The molecular weight excluding hydrogens is 366 g/mol. The SMILES string of the molecule is COc1ccnc(C(C)C)c1C(C)(C)Cc1nc(OC)c(C(C)(C)C)c(OC)n1. The average molecular weight is 402 g/mol. The molecule has 29 heavy (non-hydrogen) atoms. The molecule has 2 rings (SSSR count). The number of ether oxygens (including phenoxy) is 3. The average Bonchev–Trinajstić information content (AvgIpc) is 2.65. The summed E-state index contributed by atoms with van der Waals surface area (Å²) < 4.78 is 16.9. The minimum absolute atomic E-state index is 0.206. The number of aromatic nitrogens is 3. The quantitative estimate of drug-likeness (QED) is 0.661. The predicted molar refractivity (Wildman–Crippen MR) is 115 cm³/mol. The fraction of sp³-hybridized carbons (Fsp3) is 0.609. The van der Waals surface area contributed by atoms with Crippen LogP contribution in [0.4, 0.5) is 0 Å². The van der Waals surface area contributed by atoms with Gasteiger partial charge in [-0.15, -0.1) is 0 Å². The molecule has 0 aliphatic rings. The Labute approximate surface area is 175 Å². The second-order valence-corrected chi connectivity index (χ2v) is 9.27. The van der Waals surface area contributed by atoms with Gasteiger partial charge in [-0.2, -0.15) is 9.97 Å². The number of pyridine rings is 1. The molecule has 2 heterocycles. The molecule has 0 aliphatic carbocycles. The van der Waals surface area contributed by atoms with Crippen LogP contribution < -0.4 is 14.2 Å². The third kappa shape index (κ3) is 4.80. The van der Waals surface area contributed by atoms with Gasteiger partial charge in [-0.3, -0.25) is 4.98 Å². The smallest absolute Gasteiger partial charge is 0.224 e. The van der Waals surface area contributed by atoms with Crippen LogP contribution in [0.2, 0.25) is 0 Å². The van der Waals surface area contributed by atoms with Gasteiger partial charge in [-0.1, -0.05) is 48.5 Å². The zero-order valence-corrected chi connectivity index (χ0v) is 19.5. The van der Waals surface area contributed by atoms with Gasteiger partial charge in [0.15, 0.2) is 0 Å². The Hall–Kier alpha value is -2.37. The zero-order valence-electron chi connectivity index (χ0n) is 19.5. The van der Waals surface area contributed by atoms with Crippen LogP contribution in [0.15, 0.2) is 12.3 Å². The van der Waals surface area contributed by atoms with Crippen molar-refractivity contribution in [3.63, 3.8) is 0 Å². The van der Waals surface area contributed by atoms with Crippen LogP contribution in [0.1, 0.15) is 77.0 Å². The molecule has 0 saturated carbocycles. The zero-order chi connectivity index (χ0) is 22.0. The molecule has 0 aliphatic heterocycles. The minimum Gasteiger partial charge on any atom is -0.496 e. The van der Waals surface area contributed by atoms with Gasteiger partial charge >= 0.3 is 0 Å². The molecule has 2 aromatic rings. The molecule has 0 aromatic carbocycles. The first kappa shape index (κ1) is 22.9. The lowest BCUT2D eigenvalue weighted by Gasteiger charge is -2.30. The van der Waals surface area contributed by atoms with E-state index in [9.17, 15) is 0 Å². The lowest BCUT2D eigenvalue weighted by atomic mass is 9.78. The molecule has 6 nitrogen and oxygen atoms in total. The Morgan fingerprint density at radius 3 is 1.83 bits per heavy atom. The molecule has 0 N–H and O–H groups in total. The van der Waals surface area contributed by atoms with Crippen molar-refractivity contribution >= 4 is 0 Å². The Morgan fingerprint density at radius 1 is 0.862 bits per heavy atom. The van der Waals surface area contributed by atoms with E-state index in [0.717, 1.165) is 22.6 Å². The minimum atomic E-state index is -0.307. The van der Waals surface area contributed by atoms with E-state index >= 15 is 0 Å². The lowest BCUT2D eigenvalue weighted by Crippen LogP contribution is -2.26. The maximum atomic E-state index is 5.68. The van der Waals surface area contributed by atoms with Gasteiger partial charge in [0.25, 0.3) is 0 Å². The molecule has 0 fully saturated rings. The first-order chi connectivity index (χ1) is 13.5. The van der Waals surface area contributed by atoms with Crippen molar-refractivity contribution < 1.29 is 14.2 Å². The van der Waals surface area contributed by atoms with Crippen molar-refractivity contribution in [3.8, 4) is 17.5 Å². The van der Waals surface area contributed by atoms with E-state index in [0.29, 0.717) is 24.0 Å². The maximum absolute atomic E-state index is 5.68. The highest BCUT2D eigenvalue weighted by Crippen LogP contribution is 2.40. The molecule has 6 heteroatoms. The van der Waals surface area contributed by atoms with E-state index in [1.54, 1.807) is 27.5 Å². The maximum Gasteiger partial charge on any atom is 0.224 e. The summed E-state index contributed by atoms with van der Waals surface area (Å²) in [6, 6.07) is 1.91. The van der Waals surface area contributed by atoms with Crippen molar-refractivity contribution in [1.82, 2.24) is 15.0 Å². The first-order valence-electron chi connectivity index (χ1n) is 9.99. The largest absolute Gasteiger partial charge is 0.496 e. The topological polar surface area (TPSA) is 66.4 Å². The summed E-state index contributed by atoms with van der Waals surface area (Å²) in [5.74, 6) is 2.87. The molecule has 0 unspecified atom stereocenters. The molecule has 0 bridgehead atoms. The highest BCUT2D eigenvalue weighted by Gasteiger charge is 2.33. The number of hydrogen-bond donors (Lipinski definition) is 0. The van der Waals surface area contributed by atoms with Crippen LogP contribution in [0.3, 0.4) is 0 Å². The molecule has 160 valence electrons. The van der Waals surface area contributed by atoms with Gasteiger partial charge in [0.2, 0.25) is 11.8 Å². The van der Waals surface area contributed by atoms with Crippen molar-refractivity contribution in [2.24, 2.45) is 0 Å². The van der Waals surface area contributed by atoms with Crippen LogP contribution in [-0.2, 0) is 17.3 Å². The summed E-state index contributed by atoms with van der Waals surface area (Å²) in [6.07, 6.45) is 2.39. The number of methoxy groups -OCH3 is 3. The van der Waals surface area contributed by atoms with E-state index in [2.05, 4.69) is 53.5 Å². The van der Waals surface area contributed by atoms with Crippen LogP contribution in [0.25, 0.3) is 0 Å². The molecule has 0 spiro atoms. The third-order valence-electron chi connectivity index (χ3n) is 5.01. The summed E-state index contributed by atoms with van der Waals surface area (Å²) in [5.41, 5.74) is 2.46. The van der Waals surface area contributed by atoms with Gasteiger partial charge in [0.05, 0.1) is 32.6 Å². The van der Waals surface area contributed by atoms with Gasteiger partial charge in [0.1, 0.15) is 11.6 Å². The molecule has 0 saturated heterocycles. The van der Waals surface area contributed by atoms with Gasteiger partial charge < -0.3 is 14.2 Å². The van der Waals surface area contributed by atoms with Crippen molar-refractivity contribution in [2.45, 2.75) is 71.6 Å². The second-order valence-electron chi connectivity index (χ2n) is 9.27. The number of nitrogens with zero attached hydrogens (tertiary/aromatic N) is 3. The molecule has 0 radical (unpaired) electrons. The first-order valence-corrected chi connectivity index (χ1v) is 9.99. The van der Waals surface area contributed by atoms with E-state index < -0.39 is 0 Å². The summed E-state index contributed by atoms with van der Waals surface area (Å²) in [5, 5.41) is 0.